The molecule has 0 spiro atoms. The van der Waals surface area contributed by atoms with E-state index >= 15 is 0 Å². The molecule has 2 aromatic rings. The van der Waals surface area contributed by atoms with E-state index < -0.39 is 0 Å². The third kappa shape index (κ3) is 1.98. The number of nitrogens with one attached hydrogen (secondary N) is 1. The summed E-state index contributed by atoms with van der Waals surface area (Å²) in [4.78, 5) is 5.53. The highest BCUT2D eigenvalue weighted by Crippen LogP contribution is 2.22. The molecule has 0 bridgehead atoms. The third-order valence-electron chi connectivity index (χ3n) is 2.70. The lowest BCUT2D eigenvalue weighted by atomic mass is 10.2. The van der Waals surface area contributed by atoms with Gasteiger partial charge in [0, 0.05) is 23.7 Å². The van der Waals surface area contributed by atoms with E-state index in [4.69, 9.17) is 5.11 Å². The Morgan fingerprint density at radius 2 is 2.31 bits per heavy atom. The zero-order chi connectivity index (χ0) is 11.7. The van der Waals surface area contributed by atoms with Gasteiger partial charge in [-0.1, -0.05) is 0 Å². The number of hydrogen-bond acceptors (Lipinski definition) is 4. The zero-order valence-corrected chi connectivity index (χ0v) is 10.6. The third-order valence-corrected chi connectivity index (χ3v) is 3.46. The average molecular weight is 239 g/mol. The lowest BCUT2D eigenvalue weighted by molar-refractivity contribution is 0.242. The molecule has 0 aliphatic heterocycles. The number of nitrogens with zero attached hydrogens (tertiary/aromatic N) is 2. The van der Waals surface area contributed by atoms with Crippen LogP contribution in [0.15, 0.2) is 11.6 Å². The number of aliphatic hydroxyl groups excluding tert-OH is 1. The van der Waals surface area contributed by atoms with Gasteiger partial charge in [0.25, 0.3) is 0 Å². The van der Waals surface area contributed by atoms with Gasteiger partial charge in [-0.05, 0) is 20.8 Å². The molecule has 16 heavy (non-hydrogen) atoms. The Hall–Kier alpha value is -0.910. The first-order valence-corrected chi connectivity index (χ1v) is 6.30. The van der Waals surface area contributed by atoms with Crippen molar-refractivity contribution in [3.8, 4) is 0 Å². The highest BCUT2D eigenvalue weighted by Gasteiger charge is 2.17. The van der Waals surface area contributed by atoms with E-state index in [1.807, 2.05) is 25.4 Å². The fourth-order valence-corrected chi connectivity index (χ4v) is 2.76. The summed E-state index contributed by atoms with van der Waals surface area (Å²) in [6, 6.07) is 0.283. The van der Waals surface area contributed by atoms with E-state index in [0.717, 1.165) is 10.7 Å². The largest absolute Gasteiger partial charge is 0.395 e. The smallest absolute Gasteiger partial charge is 0.194 e. The Balaban J connectivity index is 2.30. The molecule has 0 aliphatic rings. The van der Waals surface area contributed by atoms with Crippen LogP contribution in [0.3, 0.4) is 0 Å². The van der Waals surface area contributed by atoms with Gasteiger partial charge in [-0.25, -0.2) is 4.98 Å². The van der Waals surface area contributed by atoms with Crippen LogP contribution in [0, 0.1) is 6.92 Å². The molecule has 2 aromatic heterocycles. The van der Waals surface area contributed by atoms with Gasteiger partial charge in [0.1, 0.15) is 0 Å². The molecule has 5 heteroatoms. The van der Waals surface area contributed by atoms with Crippen molar-refractivity contribution in [1.82, 2.24) is 14.7 Å². The predicted molar refractivity (Wildman–Crippen MR) is 65.9 cm³/mol. The number of aryl methyl sites for hydroxylation is 1. The number of hydrogen-bond donors (Lipinski definition) is 2. The molecule has 0 amide bonds. The number of imidazole rings is 1. The second-order valence-electron chi connectivity index (χ2n) is 4.11. The molecule has 2 atom stereocenters. The Kier molecular flexibility index (Phi) is 3.28. The van der Waals surface area contributed by atoms with Gasteiger partial charge in [-0.15, -0.1) is 11.3 Å². The van der Waals surface area contributed by atoms with E-state index in [1.54, 1.807) is 11.3 Å². The lowest BCUT2D eigenvalue weighted by Crippen LogP contribution is -2.32. The highest BCUT2D eigenvalue weighted by molar-refractivity contribution is 7.15. The standard InChI is InChI=1S/C11H17N3OS/c1-7(6-15)12-8(2)10-9(3)13-11-14(10)4-5-16-11/h4-5,7-8,12,15H,6H2,1-3H3. The molecule has 0 saturated heterocycles. The molecule has 0 aromatic carbocycles. The SMILES string of the molecule is Cc1nc2sccn2c1C(C)NC(C)CO. The molecule has 2 rings (SSSR count). The monoisotopic (exact) mass is 239 g/mol. The summed E-state index contributed by atoms with van der Waals surface area (Å²) in [5.41, 5.74) is 2.23. The summed E-state index contributed by atoms with van der Waals surface area (Å²) in [6.07, 6.45) is 2.04. The van der Waals surface area contributed by atoms with Crippen LogP contribution in [0.2, 0.25) is 0 Å². The van der Waals surface area contributed by atoms with Gasteiger partial charge in [-0.2, -0.15) is 0 Å². The maximum absolute atomic E-state index is 9.04. The second kappa shape index (κ2) is 4.53. The minimum atomic E-state index is 0.0959. The lowest BCUT2D eigenvalue weighted by Gasteiger charge is -2.18. The Morgan fingerprint density at radius 1 is 1.56 bits per heavy atom. The molecule has 0 fully saturated rings. The molecule has 2 N–H and O–H groups in total. The van der Waals surface area contributed by atoms with E-state index in [2.05, 4.69) is 21.6 Å². The minimum absolute atomic E-state index is 0.0959. The average Bonchev–Trinajstić information content (AvgIpc) is 2.76. The quantitative estimate of drug-likeness (QED) is 0.854. The van der Waals surface area contributed by atoms with E-state index in [9.17, 15) is 0 Å². The van der Waals surface area contributed by atoms with Crippen LogP contribution in [0.1, 0.15) is 31.3 Å². The fraction of sp³-hybridized carbons (Fsp3) is 0.545. The summed E-state index contributed by atoms with van der Waals surface area (Å²) < 4.78 is 2.11. The number of aromatic nitrogens is 2. The number of fused-ring (bicyclic) bond motifs is 1. The van der Waals surface area contributed by atoms with Gasteiger partial charge >= 0.3 is 0 Å². The van der Waals surface area contributed by atoms with Crippen molar-refractivity contribution in [1.29, 1.82) is 0 Å². The van der Waals surface area contributed by atoms with Crippen LogP contribution in [0.5, 0.6) is 0 Å². The Bertz CT molecular complexity index is 476. The second-order valence-corrected chi connectivity index (χ2v) is 4.98. The molecular weight excluding hydrogens is 222 g/mol. The highest BCUT2D eigenvalue weighted by atomic mass is 32.1. The van der Waals surface area contributed by atoms with E-state index in [1.165, 1.54) is 5.69 Å². The van der Waals surface area contributed by atoms with Crippen LogP contribution in [-0.2, 0) is 0 Å². The van der Waals surface area contributed by atoms with Crippen LogP contribution >= 0.6 is 11.3 Å². The summed E-state index contributed by atoms with van der Waals surface area (Å²) in [5.74, 6) is 0. The van der Waals surface area contributed by atoms with E-state index in [0.29, 0.717) is 0 Å². The normalized spacial score (nSPS) is 15.5. The van der Waals surface area contributed by atoms with Gasteiger partial charge in [0.05, 0.1) is 18.0 Å². The molecule has 2 heterocycles. The first-order valence-electron chi connectivity index (χ1n) is 5.42. The molecule has 88 valence electrons. The summed E-state index contributed by atoms with van der Waals surface area (Å²) >= 11 is 1.64. The van der Waals surface area contributed by atoms with Crippen molar-refractivity contribution in [2.45, 2.75) is 32.9 Å². The van der Waals surface area contributed by atoms with Crippen molar-refractivity contribution in [2.24, 2.45) is 0 Å². The Labute approximate surface area is 98.9 Å². The predicted octanol–water partition coefficient (Wildman–Crippen LogP) is 1.74. The van der Waals surface area contributed by atoms with Gasteiger partial charge in [0.15, 0.2) is 4.96 Å². The summed E-state index contributed by atoms with van der Waals surface area (Å²) in [5, 5.41) is 14.4. The van der Waals surface area contributed by atoms with Crippen molar-refractivity contribution in [3.05, 3.63) is 23.0 Å². The molecule has 0 aliphatic carbocycles. The van der Waals surface area contributed by atoms with Gasteiger partial charge in [0.2, 0.25) is 0 Å². The van der Waals surface area contributed by atoms with Crippen LogP contribution in [-0.4, -0.2) is 27.1 Å². The molecule has 0 radical (unpaired) electrons. The minimum Gasteiger partial charge on any atom is -0.395 e. The topological polar surface area (TPSA) is 49.6 Å². The zero-order valence-electron chi connectivity index (χ0n) is 9.77. The Morgan fingerprint density at radius 3 is 3.00 bits per heavy atom. The maximum Gasteiger partial charge on any atom is 0.194 e. The van der Waals surface area contributed by atoms with Crippen LogP contribution < -0.4 is 5.32 Å². The number of rotatable bonds is 4. The summed E-state index contributed by atoms with van der Waals surface area (Å²) in [6.45, 7) is 6.24. The fourth-order valence-electron chi connectivity index (χ4n) is 1.99. The molecule has 2 unspecified atom stereocenters. The molecule has 0 saturated carbocycles. The number of thiazole rings is 1. The van der Waals surface area contributed by atoms with Crippen molar-refractivity contribution in [2.75, 3.05) is 6.61 Å². The van der Waals surface area contributed by atoms with Crippen molar-refractivity contribution in [3.63, 3.8) is 0 Å². The van der Waals surface area contributed by atoms with Gasteiger partial charge < -0.3 is 10.4 Å². The summed E-state index contributed by atoms with van der Waals surface area (Å²) in [7, 11) is 0. The van der Waals surface area contributed by atoms with Crippen LogP contribution in [0.4, 0.5) is 0 Å². The molecule has 4 nitrogen and oxygen atoms in total. The van der Waals surface area contributed by atoms with Gasteiger partial charge in [-0.3, -0.25) is 4.40 Å². The molecular formula is C11H17N3OS. The van der Waals surface area contributed by atoms with Crippen molar-refractivity contribution < 1.29 is 5.11 Å². The van der Waals surface area contributed by atoms with Crippen LogP contribution in [0.25, 0.3) is 4.96 Å². The maximum atomic E-state index is 9.04. The first kappa shape index (κ1) is 11.6. The number of aliphatic hydroxyl groups is 1. The first-order chi connectivity index (χ1) is 7.63. The van der Waals surface area contributed by atoms with E-state index in [-0.39, 0.29) is 18.7 Å². The van der Waals surface area contributed by atoms with Crippen molar-refractivity contribution >= 4 is 16.3 Å².